The number of nitrogens with two attached hydrogens (primary N) is 1. The van der Waals surface area contributed by atoms with E-state index in [4.69, 9.17) is 5.73 Å². The maximum atomic E-state index is 13.1. The lowest BCUT2D eigenvalue weighted by molar-refractivity contribution is -0.387. The highest BCUT2D eigenvalue weighted by atomic mass is 35.5. The average Bonchev–Trinajstić information content (AvgIpc) is 3.01. The summed E-state index contributed by atoms with van der Waals surface area (Å²) in [6, 6.07) is 3.64. The van der Waals surface area contributed by atoms with Gasteiger partial charge in [0.2, 0.25) is 5.82 Å². The third kappa shape index (κ3) is 3.38. The molecule has 0 aliphatic heterocycles. The Labute approximate surface area is 105 Å². The standard InChI is InChI=1S/C11H13FN2O2.ClH/c12-9-4-3-8(6-11(9)14(15)16)10(13)5-7-1-2-7;/h3-4,6-7,10H,1-2,5,13H2;1H/t10-;/m1./s1. The second kappa shape index (κ2) is 5.42. The zero-order valence-corrected chi connectivity index (χ0v) is 9.95. The van der Waals surface area contributed by atoms with E-state index in [1.807, 2.05) is 0 Å². The van der Waals surface area contributed by atoms with Crippen LogP contribution in [0.1, 0.15) is 30.9 Å². The van der Waals surface area contributed by atoms with Crippen molar-refractivity contribution < 1.29 is 9.31 Å². The maximum absolute atomic E-state index is 13.1. The SMILES string of the molecule is Cl.N[C@H](CC1CC1)c1ccc(F)c([N+](=O)[O-])c1. The molecule has 1 aromatic rings. The first-order valence-electron chi connectivity index (χ1n) is 5.27. The van der Waals surface area contributed by atoms with Crippen LogP contribution in [0.15, 0.2) is 18.2 Å². The lowest BCUT2D eigenvalue weighted by Gasteiger charge is -2.10. The fourth-order valence-electron chi connectivity index (χ4n) is 1.75. The molecule has 1 fully saturated rings. The number of halogens is 2. The summed E-state index contributed by atoms with van der Waals surface area (Å²) in [5.41, 5.74) is 6.05. The molecule has 0 heterocycles. The number of rotatable bonds is 4. The lowest BCUT2D eigenvalue weighted by atomic mass is 10.0. The van der Waals surface area contributed by atoms with E-state index in [0.717, 1.165) is 12.5 Å². The maximum Gasteiger partial charge on any atom is 0.305 e. The summed E-state index contributed by atoms with van der Waals surface area (Å²) in [6.07, 6.45) is 3.18. The Morgan fingerprint density at radius 3 is 2.71 bits per heavy atom. The molecule has 1 aliphatic rings. The summed E-state index contributed by atoms with van der Waals surface area (Å²) in [6.45, 7) is 0. The first kappa shape index (κ1) is 13.9. The van der Waals surface area contributed by atoms with Crippen LogP contribution in [0.2, 0.25) is 0 Å². The lowest BCUT2D eigenvalue weighted by Crippen LogP contribution is -2.11. The quantitative estimate of drug-likeness (QED) is 0.668. The summed E-state index contributed by atoms with van der Waals surface area (Å²) < 4.78 is 13.1. The highest BCUT2D eigenvalue weighted by molar-refractivity contribution is 5.85. The van der Waals surface area contributed by atoms with Gasteiger partial charge in [-0.05, 0) is 24.0 Å². The van der Waals surface area contributed by atoms with Crippen LogP contribution >= 0.6 is 12.4 Å². The average molecular weight is 261 g/mol. The molecule has 0 amide bonds. The predicted octanol–water partition coefficient (Wildman–Crippen LogP) is 2.96. The van der Waals surface area contributed by atoms with E-state index in [2.05, 4.69) is 0 Å². The van der Waals surface area contributed by atoms with Gasteiger partial charge in [0.1, 0.15) is 0 Å². The summed E-state index contributed by atoms with van der Waals surface area (Å²) in [5, 5.41) is 10.6. The Bertz CT molecular complexity index is 424. The third-order valence-electron chi connectivity index (χ3n) is 2.88. The predicted molar refractivity (Wildman–Crippen MR) is 64.6 cm³/mol. The van der Waals surface area contributed by atoms with E-state index in [9.17, 15) is 14.5 Å². The molecule has 0 aromatic heterocycles. The molecule has 0 saturated heterocycles. The van der Waals surface area contributed by atoms with Gasteiger partial charge < -0.3 is 5.73 Å². The van der Waals surface area contributed by atoms with Gasteiger partial charge in [-0.25, -0.2) is 0 Å². The Morgan fingerprint density at radius 1 is 1.53 bits per heavy atom. The van der Waals surface area contributed by atoms with Gasteiger partial charge in [0.15, 0.2) is 0 Å². The highest BCUT2D eigenvalue weighted by Crippen LogP contribution is 2.37. The Kier molecular flexibility index (Phi) is 4.42. The second-order valence-corrected chi connectivity index (χ2v) is 4.25. The van der Waals surface area contributed by atoms with Crippen LogP contribution < -0.4 is 5.73 Å². The van der Waals surface area contributed by atoms with Crippen molar-refractivity contribution in [2.75, 3.05) is 0 Å². The normalized spacial score (nSPS) is 16.1. The summed E-state index contributed by atoms with van der Waals surface area (Å²) in [5.74, 6) is -0.175. The minimum atomic E-state index is -0.813. The summed E-state index contributed by atoms with van der Waals surface area (Å²) in [7, 11) is 0. The zero-order valence-electron chi connectivity index (χ0n) is 9.14. The molecule has 1 saturated carbocycles. The topological polar surface area (TPSA) is 69.2 Å². The number of hydrogen-bond donors (Lipinski definition) is 1. The van der Waals surface area contributed by atoms with Crippen LogP contribution in [0, 0.1) is 21.8 Å². The van der Waals surface area contributed by atoms with Crippen LogP contribution in [0.3, 0.4) is 0 Å². The number of benzene rings is 1. The molecule has 1 atom stereocenters. The van der Waals surface area contributed by atoms with Crippen molar-refractivity contribution in [3.8, 4) is 0 Å². The van der Waals surface area contributed by atoms with Gasteiger partial charge in [0, 0.05) is 12.1 Å². The number of hydrogen-bond acceptors (Lipinski definition) is 3. The first-order valence-corrected chi connectivity index (χ1v) is 5.27. The van der Waals surface area contributed by atoms with Crippen LogP contribution in [0.5, 0.6) is 0 Å². The van der Waals surface area contributed by atoms with Crippen molar-refractivity contribution >= 4 is 18.1 Å². The number of nitro benzene ring substituents is 1. The molecule has 0 bridgehead atoms. The van der Waals surface area contributed by atoms with Crippen molar-refractivity contribution in [2.45, 2.75) is 25.3 Å². The first-order chi connectivity index (χ1) is 7.58. The van der Waals surface area contributed by atoms with Crippen molar-refractivity contribution in [2.24, 2.45) is 11.7 Å². The van der Waals surface area contributed by atoms with E-state index in [1.54, 1.807) is 0 Å². The van der Waals surface area contributed by atoms with Gasteiger partial charge in [-0.1, -0.05) is 18.9 Å². The molecular weight excluding hydrogens is 247 g/mol. The third-order valence-corrected chi connectivity index (χ3v) is 2.88. The molecule has 4 nitrogen and oxygen atoms in total. The molecule has 17 heavy (non-hydrogen) atoms. The van der Waals surface area contributed by atoms with Gasteiger partial charge in [-0.2, -0.15) is 4.39 Å². The minimum absolute atomic E-state index is 0. The van der Waals surface area contributed by atoms with E-state index in [1.165, 1.54) is 25.0 Å². The molecule has 0 spiro atoms. The summed E-state index contributed by atoms with van der Waals surface area (Å²) in [4.78, 5) is 9.84. The van der Waals surface area contributed by atoms with Crippen molar-refractivity contribution in [1.82, 2.24) is 0 Å². The summed E-state index contributed by atoms with van der Waals surface area (Å²) >= 11 is 0. The van der Waals surface area contributed by atoms with Gasteiger partial charge in [0.05, 0.1) is 4.92 Å². The van der Waals surface area contributed by atoms with E-state index < -0.39 is 16.4 Å². The molecule has 0 radical (unpaired) electrons. The van der Waals surface area contributed by atoms with Gasteiger partial charge >= 0.3 is 5.69 Å². The molecule has 2 N–H and O–H groups in total. The Morgan fingerprint density at radius 2 is 2.18 bits per heavy atom. The molecule has 0 unspecified atom stereocenters. The number of nitrogens with zero attached hydrogens (tertiary/aromatic N) is 1. The minimum Gasteiger partial charge on any atom is -0.324 e. The van der Waals surface area contributed by atoms with Gasteiger partial charge in [-0.15, -0.1) is 12.4 Å². The smallest absolute Gasteiger partial charge is 0.305 e. The van der Waals surface area contributed by atoms with Gasteiger partial charge in [-0.3, -0.25) is 10.1 Å². The van der Waals surface area contributed by atoms with E-state index in [-0.39, 0.29) is 18.4 Å². The molecule has 1 aromatic carbocycles. The van der Waals surface area contributed by atoms with Gasteiger partial charge in [0.25, 0.3) is 0 Å². The Hall–Kier alpha value is -1.20. The van der Waals surface area contributed by atoms with E-state index >= 15 is 0 Å². The monoisotopic (exact) mass is 260 g/mol. The molecule has 94 valence electrons. The van der Waals surface area contributed by atoms with E-state index in [0.29, 0.717) is 11.5 Å². The highest BCUT2D eigenvalue weighted by Gasteiger charge is 2.25. The van der Waals surface area contributed by atoms with Crippen LogP contribution in [-0.2, 0) is 0 Å². The second-order valence-electron chi connectivity index (χ2n) is 4.25. The Balaban J connectivity index is 0.00000144. The zero-order chi connectivity index (χ0) is 11.7. The fourth-order valence-corrected chi connectivity index (χ4v) is 1.75. The fraction of sp³-hybridized carbons (Fsp3) is 0.455. The van der Waals surface area contributed by atoms with Crippen LogP contribution in [0.25, 0.3) is 0 Å². The molecule has 1 aliphatic carbocycles. The van der Waals surface area contributed by atoms with Crippen molar-refractivity contribution in [3.05, 3.63) is 39.7 Å². The van der Waals surface area contributed by atoms with Crippen molar-refractivity contribution in [1.29, 1.82) is 0 Å². The largest absolute Gasteiger partial charge is 0.324 e. The molecular formula is C11H14ClFN2O2. The van der Waals surface area contributed by atoms with Crippen molar-refractivity contribution in [3.63, 3.8) is 0 Å². The number of nitro groups is 1. The molecule has 2 rings (SSSR count). The van der Waals surface area contributed by atoms with Crippen LogP contribution in [-0.4, -0.2) is 4.92 Å². The van der Waals surface area contributed by atoms with Crippen LogP contribution in [0.4, 0.5) is 10.1 Å². The molecule has 6 heteroatoms.